The maximum absolute atomic E-state index is 5.77. The van der Waals surface area contributed by atoms with Crippen molar-refractivity contribution in [2.75, 3.05) is 0 Å². The molecule has 3 heteroatoms. The van der Waals surface area contributed by atoms with Crippen LogP contribution in [0.5, 0.6) is 0 Å². The van der Waals surface area contributed by atoms with E-state index in [2.05, 4.69) is 24.3 Å². The first-order valence-electron chi connectivity index (χ1n) is 6.02. The van der Waals surface area contributed by atoms with Gasteiger partial charge >= 0.3 is 0 Å². The molecule has 0 saturated heterocycles. The van der Waals surface area contributed by atoms with Gasteiger partial charge in [-0.25, -0.2) is 4.98 Å². The van der Waals surface area contributed by atoms with Crippen LogP contribution in [0, 0.1) is 0 Å². The number of hydrogen-bond acceptors (Lipinski definition) is 2. The van der Waals surface area contributed by atoms with Crippen LogP contribution in [0.1, 0.15) is 5.56 Å². The molecule has 0 atom stereocenters. The van der Waals surface area contributed by atoms with Crippen molar-refractivity contribution in [2.45, 2.75) is 6.54 Å². The molecular formula is C16H15ClN2. The van der Waals surface area contributed by atoms with E-state index in [1.807, 2.05) is 36.4 Å². The largest absolute Gasteiger partial charge is 0.326 e. The van der Waals surface area contributed by atoms with Crippen LogP contribution >= 0.6 is 12.4 Å². The summed E-state index contributed by atoms with van der Waals surface area (Å²) < 4.78 is 0. The highest BCUT2D eigenvalue weighted by atomic mass is 35.5. The number of nitrogens with zero attached hydrogens (tertiary/aromatic N) is 1. The molecule has 0 aliphatic heterocycles. The van der Waals surface area contributed by atoms with Crippen LogP contribution in [-0.4, -0.2) is 4.98 Å². The van der Waals surface area contributed by atoms with Gasteiger partial charge in [0.15, 0.2) is 0 Å². The molecule has 3 rings (SSSR count). The van der Waals surface area contributed by atoms with Gasteiger partial charge in [-0.1, -0.05) is 48.5 Å². The zero-order valence-corrected chi connectivity index (χ0v) is 11.2. The maximum atomic E-state index is 5.77. The number of benzene rings is 2. The van der Waals surface area contributed by atoms with Crippen molar-refractivity contribution in [1.82, 2.24) is 4.98 Å². The smallest absolute Gasteiger partial charge is 0.0712 e. The topological polar surface area (TPSA) is 38.9 Å². The predicted molar refractivity (Wildman–Crippen MR) is 82.3 cm³/mol. The number of aromatic nitrogens is 1. The number of pyridine rings is 1. The number of fused-ring (bicyclic) bond motifs is 1. The number of halogens is 1. The molecule has 0 aliphatic rings. The van der Waals surface area contributed by atoms with Gasteiger partial charge in [-0.15, -0.1) is 12.4 Å². The van der Waals surface area contributed by atoms with Crippen molar-refractivity contribution >= 4 is 23.3 Å². The van der Waals surface area contributed by atoms with Crippen molar-refractivity contribution in [3.8, 4) is 11.3 Å². The minimum absolute atomic E-state index is 0. The molecule has 3 aromatic rings. The first-order chi connectivity index (χ1) is 8.88. The fourth-order valence-electron chi connectivity index (χ4n) is 2.16. The summed E-state index contributed by atoms with van der Waals surface area (Å²) in [5.41, 5.74) is 10.0. The Morgan fingerprint density at radius 2 is 1.58 bits per heavy atom. The summed E-state index contributed by atoms with van der Waals surface area (Å²) >= 11 is 0. The van der Waals surface area contributed by atoms with Crippen LogP contribution in [0.3, 0.4) is 0 Å². The Hall–Kier alpha value is -1.90. The lowest BCUT2D eigenvalue weighted by molar-refractivity contribution is 1.07. The third-order valence-electron chi connectivity index (χ3n) is 3.11. The molecule has 0 saturated carbocycles. The molecule has 0 amide bonds. The molecule has 19 heavy (non-hydrogen) atoms. The van der Waals surface area contributed by atoms with Crippen molar-refractivity contribution < 1.29 is 0 Å². The molecule has 1 heterocycles. The first kappa shape index (κ1) is 13.5. The van der Waals surface area contributed by atoms with Crippen molar-refractivity contribution in [3.05, 3.63) is 66.2 Å². The van der Waals surface area contributed by atoms with Crippen LogP contribution in [0.4, 0.5) is 0 Å². The fourth-order valence-corrected chi connectivity index (χ4v) is 2.16. The normalized spacial score (nSPS) is 10.2. The lowest BCUT2D eigenvalue weighted by Crippen LogP contribution is -1.99. The molecule has 0 fully saturated rings. The second-order valence-corrected chi connectivity index (χ2v) is 4.25. The van der Waals surface area contributed by atoms with E-state index in [9.17, 15) is 0 Å². The Morgan fingerprint density at radius 3 is 2.42 bits per heavy atom. The van der Waals surface area contributed by atoms with Gasteiger partial charge in [0.1, 0.15) is 0 Å². The molecule has 0 spiro atoms. The monoisotopic (exact) mass is 270 g/mol. The van der Waals surface area contributed by atoms with Crippen LogP contribution in [-0.2, 0) is 6.54 Å². The molecule has 0 bridgehead atoms. The van der Waals surface area contributed by atoms with Gasteiger partial charge in [0.25, 0.3) is 0 Å². The molecule has 2 aromatic carbocycles. The average Bonchev–Trinajstić information content (AvgIpc) is 2.46. The summed E-state index contributed by atoms with van der Waals surface area (Å²) in [5, 5.41) is 1.16. The Balaban J connectivity index is 0.00000133. The molecule has 96 valence electrons. The maximum Gasteiger partial charge on any atom is 0.0712 e. The van der Waals surface area contributed by atoms with Crippen LogP contribution < -0.4 is 5.73 Å². The summed E-state index contributed by atoms with van der Waals surface area (Å²) in [6.07, 6.45) is 0. The van der Waals surface area contributed by atoms with Gasteiger partial charge in [0.05, 0.1) is 11.2 Å². The number of nitrogens with two attached hydrogens (primary N) is 1. The lowest BCUT2D eigenvalue weighted by Gasteiger charge is -2.07. The minimum Gasteiger partial charge on any atom is -0.326 e. The standard InChI is InChI=1S/C16H14N2.ClH/c17-11-13-6-1-3-7-14(13)16-10-9-12-5-2-4-8-15(12)18-16;/h1-10H,11,17H2;1H. The van der Waals surface area contributed by atoms with Gasteiger partial charge in [-0.2, -0.15) is 0 Å². The van der Waals surface area contributed by atoms with Crippen molar-refractivity contribution in [1.29, 1.82) is 0 Å². The van der Waals surface area contributed by atoms with Gasteiger partial charge < -0.3 is 5.73 Å². The van der Waals surface area contributed by atoms with E-state index < -0.39 is 0 Å². The van der Waals surface area contributed by atoms with E-state index in [0.717, 1.165) is 27.7 Å². The molecule has 0 unspecified atom stereocenters. The molecule has 0 radical (unpaired) electrons. The van der Waals surface area contributed by atoms with Crippen molar-refractivity contribution in [2.24, 2.45) is 5.73 Å². The highest BCUT2D eigenvalue weighted by Gasteiger charge is 2.05. The number of hydrogen-bond donors (Lipinski definition) is 1. The van der Waals surface area contributed by atoms with Crippen LogP contribution in [0.2, 0.25) is 0 Å². The molecule has 2 nitrogen and oxygen atoms in total. The van der Waals surface area contributed by atoms with E-state index in [1.54, 1.807) is 0 Å². The number of para-hydroxylation sites is 1. The summed E-state index contributed by atoms with van der Waals surface area (Å²) in [5.74, 6) is 0. The fraction of sp³-hybridized carbons (Fsp3) is 0.0625. The highest BCUT2D eigenvalue weighted by molar-refractivity contribution is 5.85. The molecular weight excluding hydrogens is 256 g/mol. The Labute approximate surface area is 118 Å². The third kappa shape index (κ3) is 2.60. The van der Waals surface area contributed by atoms with Gasteiger partial charge in [0, 0.05) is 17.5 Å². The van der Waals surface area contributed by atoms with E-state index in [1.165, 1.54) is 0 Å². The van der Waals surface area contributed by atoms with Crippen LogP contribution in [0.25, 0.3) is 22.2 Å². The predicted octanol–water partition coefficient (Wildman–Crippen LogP) is 3.78. The Morgan fingerprint density at radius 1 is 0.842 bits per heavy atom. The van der Waals surface area contributed by atoms with Crippen molar-refractivity contribution in [3.63, 3.8) is 0 Å². The van der Waals surface area contributed by atoms with Gasteiger partial charge in [-0.05, 0) is 17.7 Å². The minimum atomic E-state index is 0. The Kier molecular flexibility index (Phi) is 4.15. The molecule has 1 aromatic heterocycles. The summed E-state index contributed by atoms with van der Waals surface area (Å²) in [7, 11) is 0. The van der Waals surface area contributed by atoms with E-state index in [4.69, 9.17) is 10.7 Å². The second-order valence-electron chi connectivity index (χ2n) is 4.25. The summed E-state index contributed by atoms with van der Waals surface area (Å²) in [4.78, 5) is 4.70. The zero-order valence-electron chi connectivity index (χ0n) is 10.4. The van der Waals surface area contributed by atoms with Gasteiger partial charge in [0.2, 0.25) is 0 Å². The second kappa shape index (κ2) is 5.83. The van der Waals surface area contributed by atoms with Gasteiger partial charge in [-0.3, -0.25) is 0 Å². The summed E-state index contributed by atoms with van der Waals surface area (Å²) in [6.45, 7) is 0.532. The zero-order chi connectivity index (χ0) is 12.4. The van der Waals surface area contributed by atoms with E-state index in [-0.39, 0.29) is 12.4 Å². The lowest BCUT2D eigenvalue weighted by atomic mass is 10.0. The first-order valence-corrected chi connectivity index (χ1v) is 6.02. The summed E-state index contributed by atoms with van der Waals surface area (Å²) in [6, 6.07) is 20.4. The molecule has 2 N–H and O–H groups in total. The SMILES string of the molecule is Cl.NCc1ccccc1-c1ccc2ccccc2n1. The average molecular weight is 271 g/mol. The quantitative estimate of drug-likeness (QED) is 0.770. The molecule has 0 aliphatic carbocycles. The van der Waals surface area contributed by atoms with Crippen LogP contribution in [0.15, 0.2) is 60.7 Å². The third-order valence-corrected chi connectivity index (χ3v) is 3.11. The van der Waals surface area contributed by atoms with E-state index >= 15 is 0 Å². The Bertz CT molecular complexity index is 695. The van der Waals surface area contributed by atoms with E-state index in [0.29, 0.717) is 6.54 Å². The highest BCUT2D eigenvalue weighted by Crippen LogP contribution is 2.23. The number of rotatable bonds is 2.